The van der Waals surface area contributed by atoms with Crippen LogP contribution in [0, 0.1) is 5.92 Å². The summed E-state index contributed by atoms with van der Waals surface area (Å²) in [5.41, 5.74) is 3.63. The highest BCUT2D eigenvalue weighted by Gasteiger charge is 2.14. The smallest absolute Gasteiger partial charge is 0.244 e. The monoisotopic (exact) mass is 281 g/mol. The van der Waals surface area contributed by atoms with Crippen LogP contribution >= 0.6 is 0 Å². The lowest BCUT2D eigenvalue weighted by Gasteiger charge is -2.22. The molecule has 1 aliphatic carbocycles. The number of carbonyl (C=O) groups is 1. The zero-order valence-corrected chi connectivity index (χ0v) is 12.6. The van der Waals surface area contributed by atoms with Crippen LogP contribution in [0.15, 0.2) is 60.2 Å². The number of nitrogens with one attached hydrogen (secondary N) is 1. The molecule has 0 aromatic heterocycles. The van der Waals surface area contributed by atoms with Crippen molar-refractivity contribution in [1.82, 2.24) is 5.32 Å². The molecule has 1 aromatic carbocycles. The van der Waals surface area contributed by atoms with Crippen molar-refractivity contribution in [3.8, 4) is 0 Å². The van der Waals surface area contributed by atoms with E-state index in [4.69, 9.17) is 0 Å². The zero-order chi connectivity index (χ0) is 15.1. The van der Waals surface area contributed by atoms with E-state index in [1.807, 2.05) is 36.4 Å². The van der Waals surface area contributed by atoms with Crippen molar-refractivity contribution >= 4 is 12.0 Å². The first-order valence-electron chi connectivity index (χ1n) is 7.49. The normalized spacial score (nSPS) is 18.3. The first kappa shape index (κ1) is 15.3. The second-order valence-corrected chi connectivity index (χ2v) is 5.64. The quantitative estimate of drug-likeness (QED) is 0.638. The fraction of sp³-hybridized carbons (Fsp3) is 0.316. The fourth-order valence-electron chi connectivity index (χ4n) is 2.49. The number of benzene rings is 1. The molecule has 0 heterocycles. The largest absolute Gasteiger partial charge is 0.349 e. The summed E-state index contributed by atoms with van der Waals surface area (Å²) in [7, 11) is 0. The lowest BCUT2D eigenvalue weighted by Crippen LogP contribution is -2.24. The number of hydrogen-bond donors (Lipinski definition) is 1. The summed E-state index contributed by atoms with van der Waals surface area (Å²) in [5, 5.41) is 2.95. The minimum Gasteiger partial charge on any atom is -0.349 e. The molecule has 2 heteroatoms. The third-order valence-corrected chi connectivity index (χ3v) is 3.92. The summed E-state index contributed by atoms with van der Waals surface area (Å²) in [6, 6.07) is 9.84. The van der Waals surface area contributed by atoms with E-state index in [2.05, 4.69) is 24.9 Å². The molecule has 110 valence electrons. The van der Waals surface area contributed by atoms with Gasteiger partial charge in [-0.05, 0) is 43.7 Å². The van der Waals surface area contributed by atoms with Crippen LogP contribution in [0.4, 0.5) is 0 Å². The molecule has 1 amide bonds. The highest BCUT2D eigenvalue weighted by atomic mass is 16.1. The van der Waals surface area contributed by atoms with Crippen LogP contribution in [0.1, 0.15) is 31.7 Å². The van der Waals surface area contributed by atoms with Crippen molar-refractivity contribution in [2.75, 3.05) is 6.54 Å². The maximum absolute atomic E-state index is 11.8. The summed E-state index contributed by atoms with van der Waals surface area (Å²) in [5.74, 6) is 0.573. The van der Waals surface area contributed by atoms with Crippen LogP contribution in [0.3, 0.4) is 0 Å². The van der Waals surface area contributed by atoms with Crippen LogP contribution in [-0.4, -0.2) is 12.5 Å². The van der Waals surface area contributed by atoms with E-state index < -0.39 is 0 Å². The number of allylic oxidation sites excluding steroid dienone is 2. The van der Waals surface area contributed by atoms with Gasteiger partial charge in [0.05, 0.1) is 0 Å². The molecule has 21 heavy (non-hydrogen) atoms. The van der Waals surface area contributed by atoms with Crippen molar-refractivity contribution in [1.29, 1.82) is 0 Å². The lowest BCUT2D eigenvalue weighted by molar-refractivity contribution is -0.116. The van der Waals surface area contributed by atoms with Crippen molar-refractivity contribution in [3.05, 3.63) is 65.8 Å². The summed E-state index contributed by atoms with van der Waals surface area (Å²) < 4.78 is 0. The maximum atomic E-state index is 11.8. The van der Waals surface area contributed by atoms with E-state index in [0.717, 1.165) is 24.8 Å². The molecule has 1 aliphatic rings. The van der Waals surface area contributed by atoms with Gasteiger partial charge in [-0.2, -0.15) is 0 Å². The zero-order valence-electron chi connectivity index (χ0n) is 12.6. The number of hydrogen-bond acceptors (Lipinski definition) is 1. The van der Waals surface area contributed by atoms with Gasteiger partial charge in [0, 0.05) is 12.6 Å². The van der Waals surface area contributed by atoms with E-state index in [-0.39, 0.29) is 5.91 Å². The minimum absolute atomic E-state index is 0.0400. The Hall–Kier alpha value is -2.09. The molecule has 0 aliphatic heterocycles. The van der Waals surface area contributed by atoms with E-state index >= 15 is 0 Å². The second-order valence-electron chi connectivity index (χ2n) is 5.64. The van der Waals surface area contributed by atoms with Gasteiger partial charge in [0.25, 0.3) is 0 Å². The lowest BCUT2D eigenvalue weighted by atomic mass is 9.85. The third-order valence-electron chi connectivity index (χ3n) is 3.92. The van der Waals surface area contributed by atoms with Crippen molar-refractivity contribution in [2.45, 2.75) is 26.2 Å². The SMILES string of the molecule is C=C(C)C1CC=C(CNC(=O)/C=C/c2ccccc2)CC1. The van der Waals surface area contributed by atoms with E-state index in [1.54, 1.807) is 6.08 Å². The van der Waals surface area contributed by atoms with Gasteiger partial charge in [-0.1, -0.05) is 54.1 Å². The molecule has 0 bridgehead atoms. The number of carbonyl (C=O) groups excluding carboxylic acids is 1. The molecule has 2 rings (SSSR count). The Morgan fingerprint density at radius 3 is 2.76 bits per heavy atom. The Bertz CT molecular complexity index is 554. The van der Waals surface area contributed by atoms with Crippen LogP contribution in [0.25, 0.3) is 6.08 Å². The van der Waals surface area contributed by atoms with Gasteiger partial charge in [-0.25, -0.2) is 0 Å². The van der Waals surface area contributed by atoms with Gasteiger partial charge in [0.15, 0.2) is 0 Å². The highest BCUT2D eigenvalue weighted by molar-refractivity contribution is 5.91. The Morgan fingerprint density at radius 2 is 2.14 bits per heavy atom. The minimum atomic E-state index is -0.0400. The van der Waals surface area contributed by atoms with Crippen LogP contribution in [0.2, 0.25) is 0 Å². The van der Waals surface area contributed by atoms with E-state index in [0.29, 0.717) is 12.5 Å². The molecule has 0 saturated heterocycles. The Kier molecular flexibility index (Phi) is 5.56. The Balaban J connectivity index is 1.77. The molecular weight excluding hydrogens is 258 g/mol. The Morgan fingerprint density at radius 1 is 1.38 bits per heavy atom. The second kappa shape index (κ2) is 7.63. The Labute approximate surface area is 127 Å². The molecule has 0 spiro atoms. The summed E-state index contributed by atoms with van der Waals surface area (Å²) >= 11 is 0. The van der Waals surface area contributed by atoms with Gasteiger partial charge in [-0.15, -0.1) is 0 Å². The molecular formula is C19H23NO. The average molecular weight is 281 g/mol. The fourth-order valence-corrected chi connectivity index (χ4v) is 2.49. The van der Waals surface area contributed by atoms with Crippen molar-refractivity contribution in [3.63, 3.8) is 0 Å². The van der Waals surface area contributed by atoms with E-state index in [1.165, 1.54) is 11.1 Å². The molecule has 1 atom stereocenters. The number of rotatable bonds is 5. The first-order valence-corrected chi connectivity index (χ1v) is 7.49. The molecule has 0 fully saturated rings. The molecule has 1 unspecified atom stereocenters. The van der Waals surface area contributed by atoms with Crippen LogP contribution < -0.4 is 5.32 Å². The first-order chi connectivity index (χ1) is 10.1. The molecule has 1 aromatic rings. The topological polar surface area (TPSA) is 29.1 Å². The van der Waals surface area contributed by atoms with Crippen LogP contribution in [0.5, 0.6) is 0 Å². The van der Waals surface area contributed by atoms with Gasteiger partial charge >= 0.3 is 0 Å². The predicted octanol–water partition coefficient (Wildman–Crippen LogP) is 4.12. The van der Waals surface area contributed by atoms with E-state index in [9.17, 15) is 4.79 Å². The standard InChI is InChI=1S/C19H23NO/c1-15(2)18-11-8-17(9-12-18)14-20-19(21)13-10-16-6-4-3-5-7-16/h3-8,10,13,18H,1,9,11-12,14H2,2H3,(H,20,21)/b13-10+. The average Bonchev–Trinajstić information content (AvgIpc) is 2.52. The highest BCUT2D eigenvalue weighted by Crippen LogP contribution is 2.27. The summed E-state index contributed by atoms with van der Waals surface area (Å²) in [4.78, 5) is 11.8. The molecule has 0 radical (unpaired) electrons. The predicted molar refractivity (Wildman–Crippen MR) is 88.7 cm³/mol. The van der Waals surface area contributed by atoms with Crippen LogP contribution in [-0.2, 0) is 4.79 Å². The maximum Gasteiger partial charge on any atom is 0.244 e. The van der Waals surface area contributed by atoms with Crippen molar-refractivity contribution in [2.24, 2.45) is 5.92 Å². The van der Waals surface area contributed by atoms with Gasteiger partial charge < -0.3 is 5.32 Å². The van der Waals surface area contributed by atoms with Gasteiger partial charge in [-0.3, -0.25) is 4.79 Å². The van der Waals surface area contributed by atoms with Gasteiger partial charge in [0.1, 0.15) is 0 Å². The summed E-state index contributed by atoms with van der Waals surface area (Å²) in [6.07, 6.45) is 8.94. The van der Waals surface area contributed by atoms with Crippen molar-refractivity contribution < 1.29 is 4.79 Å². The van der Waals surface area contributed by atoms with Gasteiger partial charge in [0.2, 0.25) is 5.91 Å². The molecule has 1 N–H and O–H groups in total. The number of amides is 1. The third kappa shape index (κ3) is 5.07. The summed E-state index contributed by atoms with van der Waals surface area (Å²) in [6.45, 7) is 6.77. The molecule has 0 saturated carbocycles. The molecule has 2 nitrogen and oxygen atoms in total.